The summed E-state index contributed by atoms with van der Waals surface area (Å²) in [5.41, 5.74) is 18.4. The van der Waals surface area contributed by atoms with E-state index < -0.39 is 5.41 Å². The van der Waals surface area contributed by atoms with Crippen molar-refractivity contribution in [3.05, 3.63) is 222 Å². The van der Waals surface area contributed by atoms with Crippen LogP contribution in [0.25, 0.3) is 44.5 Å². The van der Waals surface area contributed by atoms with Crippen molar-refractivity contribution in [2.24, 2.45) is 0 Å². The molecule has 8 aromatic carbocycles. The first kappa shape index (κ1) is 28.6. The second kappa shape index (κ2) is 11.3. The van der Waals surface area contributed by atoms with Crippen LogP contribution in [0.1, 0.15) is 22.3 Å². The third-order valence-corrected chi connectivity index (χ3v) is 10.7. The minimum absolute atomic E-state index is 0.406. The van der Waals surface area contributed by atoms with Crippen molar-refractivity contribution in [2.75, 3.05) is 4.90 Å². The molecule has 1 spiro atoms. The lowest BCUT2D eigenvalue weighted by molar-refractivity contribution is 0.793. The number of anilines is 3. The van der Waals surface area contributed by atoms with Crippen molar-refractivity contribution in [1.82, 2.24) is 0 Å². The molecular weight excluding hydrogens is 603 g/mol. The maximum atomic E-state index is 2.47. The van der Waals surface area contributed by atoms with Crippen molar-refractivity contribution in [1.29, 1.82) is 0 Å². The Labute approximate surface area is 293 Å². The Morgan fingerprint density at radius 3 is 1.34 bits per heavy atom. The molecule has 234 valence electrons. The van der Waals surface area contributed by atoms with Crippen LogP contribution in [0.5, 0.6) is 0 Å². The molecule has 0 saturated heterocycles. The SMILES string of the molecule is c1ccc(-c2ccc(N(c3ccccc3)c3ccc4c(c3)C3(c5ccccc5-c5ccccc53)c3ccccc3-4)c(-c3ccccc3)c2)cc1. The second-order valence-corrected chi connectivity index (χ2v) is 13.3. The molecular formula is C49H33N. The Hall–Kier alpha value is -6.44. The lowest BCUT2D eigenvalue weighted by Crippen LogP contribution is -2.26. The highest BCUT2D eigenvalue weighted by molar-refractivity contribution is 5.97. The molecule has 1 nitrogen and oxygen atoms in total. The number of para-hydroxylation sites is 1. The number of benzene rings is 8. The van der Waals surface area contributed by atoms with E-state index in [2.05, 4.69) is 205 Å². The molecule has 10 rings (SSSR count). The van der Waals surface area contributed by atoms with Gasteiger partial charge in [-0.15, -0.1) is 0 Å². The van der Waals surface area contributed by atoms with Crippen molar-refractivity contribution in [3.63, 3.8) is 0 Å². The molecule has 0 fully saturated rings. The molecule has 0 aliphatic heterocycles. The molecule has 50 heavy (non-hydrogen) atoms. The highest BCUT2D eigenvalue weighted by atomic mass is 15.1. The Bertz CT molecular complexity index is 2470. The van der Waals surface area contributed by atoms with E-state index in [-0.39, 0.29) is 0 Å². The fraction of sp³-hybridized carbons (Fsp3) is 0.0204. The molecule has 0 bridgehead atoms. The van der Waals surface area contributed by atoms with E-state index >= 15 is 0 Å². The van der Waals surface area contributed by atoms with Crippen LogP contribution in [0, 0.1) is 0 Å². The van der Waals surface area contributed by atoms with Crippen LogP contribution in [0.4, 0.5) is 17.1 Å². The van der Waals surface area contributed by atoms with Gasteiger partial charge in [-0.05, 0) is 97.6 Å². The molecule has 0 aromatic heterocycles. The predicted octanol–water partition coefficient (Wildman–Crippen LogP) is 12.8. The molecule has 2 aliphatic rings. The van der Waals surface area contributed by atoms with Gasteiger partial charge in [-0.3, -0.25) is 0 Å². The second-order valence-electron chi connectivity index (χ2n) is 13.3. The summed E-state index contributed by atoms with van der Waals surface area (Å²) in [7, 11) is 0. The number of fused-ring (bicyclic) bond motifs is 10. The van der Waals surface area contributed by atoms with Crippen LogP contribution < -0.4 is 4.90 Å². The first-order valence-corrected chi connectivity index (χ1v) is 17.4. The van der Waals surface area contributed by atoms with Gasteiger partial charge in [0.25, 0.3) is 0 Å². The number of hydrogen-bond acceptors (Lipinski definition) is 1. The molecule has 0 radical (unpaired) electrons. The average molecular weight is 636 g/mol. The standard InChI is InChI=1S/C49H33N/c1-4-16-34(17-5-1)36-28-31-48(43(32-36)35-18-6-2-7-19-35)50(37-20-8-3-9-21-37)38-29-30-42-41-24-12-15-27-46(41)49(47(42)33-38)44-25-13-10-22-39(44)40-23-11-14-26-45(40)49/h1-33H. The molecule has 2 aliphatic carbocycles. The Balaban J connectivity index is 1.25. The first-order chi connectivity index (χ1) is 24.8. The van der Waals surface area contributed by atoms with Gasteiger partial charge in [0.1, 0.15) is 0 Å². The summed E-state index contributed by atoms with van der Waals surface area (Å²) in [4.78, 5) is 2.45. The van der Waals surface area contributed by atoms with Gasteiger partial charge in [0.15, 0.2) is 0 Å². The fourth-order valence-electron chi connectivity index (χ4n) is 8.62. The van der Waals surface area contributed by atoms with Crippen molar-refractivity contribution < 1.29 is 0 Å². The predicted molar refractivity (Wildman–Crippen MR) is 208 cm³/mol. The van der Waals surface area contributed by atoms with Crippen LogP contribution in [0.3, 0.4) is 0 Å². The maximum absolute atomic E-state index is 2.47. The number of nitrogens with zero attached hydrogens (tertiary/aromatic N) is 1. The topological polar surface area (TPSA) is 3.24 Å². The average Bonchev–Trinajstić information content (AvgIpc) is 3.66. The van der Waals surface area contributed by atoms with Crippen LogP contribution in [0.15, 0.2) is 200 Å². The van der Waals surface area contributed by atoms with Crippen LogP contribution in [-0.2, 0) is 5.41 Å². The highest BCUT2D eigenvalue weighted by Crippen LogP contribution is 2.63. The van der Waals surface area contributed by atoms with Crippen molar-refractivity contribution >= 4 is 17.1 Å². The van der Waals surface area contributed by atoms with Gasteiger partial charge in [-0.2, -0.15) is 0 Å². The van der Waals surface area contributed by atoms with E-state index in [1.807, 2.05) is 0 Å². The van der Waals surface area contributed by atoms with E-state index in [9.17, 15) is 0 Å². The minimum Gasteiger partial charge on any atom is -0.310 e. The quantitative estimate of drug-likeness (QED) is 0.182. The zero-order valence-corrected chi connectivity index (χ0v) is 27.5. The van der Waals surface area contributed by atoms with E-state index in [0.29, 0.717) is 0 Å². The number of rotatable bonds is 5. The van der Waals surface area contributed by atoms with E-state index in [1.54, 1.807) is 0 Å². The van der Waals surface area contributed by atoms with E-state index in [0.717, 1.165) is 17.1 Å². The lowest BCUT2D eigenvalue weighted by atomic mass is 9.70. The summed E-state index contributed by atoms with van der Waals surface area (Å²) in [5.74, 6) is 0. The minimum atomic E-state index is -0.406. The van der Waals surface area contributed by atoms with E-state index in [1.165, 1.54) is 66.8 Å². The van der Waals surface area contributed by atoms with Gasteiger partial charge in [-0.25, -0.2) is 0 Å². The van der Waals surface area contributed by atoms with Crippen molar-refractivity contribution in [3.8, 4) is 44.5 Å². The molecule has 1 heteroatoms. The molecule has 0 heterocycles. The van der Waals surface area contributed by atoms with Gasteiger partial charge >= 0.3 is 0 Å². The summed E-state index contributed by atoms with van der Waals surface area (Å²) in [5, 5.41) is 0. The van der Waals surface area contributed by atoms with Gasteiger partial charge in [0, 0.05) is 16.9 Å². The zero-order valence-electron chi connectivity index (χ0n) is 27.5. The molecule has 0 saturated carbocycles. The van der Waals surface area contributed by atoms with Crippen molar-refractivity contribution in [2.45, 2.75) is 5.41 Å². The summed E-state index contributed by atoms with van der Waals surface area (Å²) in [6, 6.07) is 73.4. The van der Waals surface area contributed by atoms with E-state index in [4.69, 9.17) is 0 Å². The third-order valence-electron chi connectivity index (χ3n) is 10.7. The normalized spacial score (nSPS) is 13.0. The largest absolute Gasteiger partial charge is 0.310 e. The summed E-state index contributed by atoms with van der Waals surface area (Å²) >= 11 is 0. The first-order valence-electron chi connectivity index (χ1n) is 17.4. The van der Waals surface area contributed by atoms with Crippen LogP contribution in [0.2, 0.25) is 0 Å². The van der Waals surface area contributed by atoms with Crippen LogP contribution in [-0.4, -0.2) is 0 Å². The smallest absolute Gasteiger partial charge is 0.0726 e. The Kier molecular flexibility index (Phi) is 6.47. The molecule has 0 unspecified atom stereocenters. The Morgan fingerprint density at radius 2 is 0.760 bits per heavy atom. The summed E-state index contributed by atoms with van der Waals surface area (Å²) in [6.45, 7) is 0. The summed E-state index contributed by atoms with van der Waals surface area (Å²) in [6.07, 6.45) is 0. The summed E-state index contributed by atoms with van der Waals surface area (Å²) < 4.78 is 0. The van der Waals surface area contributed by atoms with Gasteiger partial charge in [0.05, 0.1) is 11.1 Å². The molecule has 0 N–H and O–H groups in total. The van der Waals surface area contributed by atoms with Gasteiger partial charge in [-0.1, -0.05) is 164 Å². The van der Waals surface area contributed by atoms with Gasteiger partial charge < -0.3 is 4.90 Å². The molecule has 0 atom stereocenters. The molecule has 8 aromatic rings. The highest BCUT2D eigenvalue weighted by Gasteiger charge is 2.51. The fourth-order valence-corrected chi connectivity index (χ4v) is 8.62. The van der Waals surface area contributed by atoms with Crippen LogP contribution >= 0.6 is 0 Å². The Morgan fingerprint density at radius 1 is 0.280 bits per heavy atom. The zero-order chi connectivity index (χ0) is 33.1. The lowest BCUT2D eigenvalue weighted by Gasteiger charge is -2.33. The number of hydrogen-bond donors (Lipinski definition) is 0. The monoisotopic (exact) mass is 635 g/mol. The van der Waals surface area contributed by atoms with Gasteiger partial charge in [0.2, 0.25) is 0 Å². The third kappa shape index (κ3) is 4.14. The maximum Gasteiger partial charge on any atom is 0.0726 e. The molecule has 0 amide bonds.